The van der Waals surface area contributed by atoms with Crippen LogP contribution in [0, 0.1) is 0 Å². The molecule has 16 heteroatoms. The van der Waals surface area contributed by atoms with Gasteiger partial charge in [-0.3, -0.25) is 19.2 Å². The highest BCUT2D eigenvalue weighted by Crippen LogP contribution is 2.44. The first-order valence-electron chi connectivity index (χ1n) is 31.2. The van der Waals surface area contributed by atoms with Gasteiger partial charge in [0.15, 0.2) is 23.1 Å². The zero-order valence-corrected chi connectivity index (χ0v) is 50.1. The molecular weight excluding hydrogens is 1120 g/mol. The van der Waals surface area contributed by atoms with Gasteiger partial charge >= 0.3 is 0 Å². The molecule has 10 aromatic rings. The Kier molecular flexibility index (Phi) is 19.1. The van der Waals surface area contributed by atoms with Crippen LogP contribution in [0.1, 0.15) is 137 Å². The third-order valence-corrected chi connectivity index (χ3v) is 16.3. The number of aryl methyl sites for hydroxylation is 4. The second-order valence-electron chi connectivity index (χ2n) is 22.6. The van der Waals surface area contributed by atoms with E-state index in [0.717, 1.165) is 77.0 Å². The number of aromatic nitrogens is 6. The molecule has 0 spiro atoms. The Labute approximate surface area is 523 Å². The van der Waals surface area contributed by atoms with E-state index in [0.29, 0.717) is 50.0 Å². The van der Waals surface area contributed by atoms with Gasteiger partial charge in [0.1, 0.15) is 0 Å². The molecule has 2 aliphatic rings. The Morgan fingerprint density at radius 2 is 0.478 bits per heavy atom. The highest BCUT2D eigenvalue weighted by atomic mass is 16.1. The van der Waals surface area contributed by atoms with Gasteiger partial charge in [-0.25, -0.2) is 0 Å². The van der Waals surface area contributed by atoms with E-state index < -0.39 is 23.1 Å². The number of nitrogens with one attached hydrogen (secondary N) is 6. The van der Waals surface area contributed by atoms with Crippen molar-refractivity contribution in [1.82, 2.24) is 29.9 Å². The van der Waals surface area contributed by atoms with E-state index in [2.05, 4.69) is 80.4 Å². The summed E-state index contributed by atoms with van der Waals surface area (Å²) in [6.45, 7) is 2.40. The standard InChI is InChI=1S/C74H70N12O4/c87-65-55-37-13-15-39-57(55)67(89)63-59(79-73-83-69(75-45-21-17-33-49-25-5-1-6-26-49)81-70(84-73)76-46-22-18-34-50-27-7-2-8-28-50)43-41-53(61(63)65)54-42-44-60(64-62(54)66(88)56-38-14-16-40-58(56)68(64)90)80-74-85-71(77-47-23-19-35-51-29-9-3-10-30-51)82-72(86-74)78-48-24-20-36-52-31-11-4-12-32-52/h1-16,25-32,37-44H,17-24,33-36,45-48H2,(H3,75,76,79,81,83,84)(H3,77,78,80,82,85,86). The third kappa shape index (κ3) is 14.3. The van der Waals surface area contributed by atoms with Crippen LogP contribution in [-0.4, -0.2) is 79.2 Å². The number of hydrogen-bond donors (Lipinski definition) is 6. The molecule has 8 aromatic carbocycles. The van der Waals surface area contributed by atoms with Crippen molar-refractivity contribution in [2.24, 2.45) is 0 Å². The monoisotopic (exact) mass is 1190 g/mol. The molecule has 2 aliphatic carbocycles. The first kappa shape index (κ1) is 59.6. The first-order chi connectivity index (χ1) is 44.3. The summed E-state index contributed by atoms with van der Waals surface area (Å²) in [6.07, 6.45) is 11.0. The highest BCUT2D eigenvalue weighted by molar-refractivity contribution is 6.35. The minimum absolute atomic E-state index is 0.0599. The molecule has 90 heavy (non-hydrogen) atoms. The van der Waals surface area contributed by atoms with Crippen molar-refractivity contribution >= 4 is 70.2 Å². The molecule has 12 rings (SSSR count). The molecule has 0 aliphatic heterocycles. The molecule has 0 atom stereocenters. The van der Waals surface area contributed by atoms with E-state index in [1.807, 2.05) is 72.8 Å². The van der Waals surface area contributed by atoms with Gasteiger partial charge in [-0.15, -0.1) is 0 Å². The molecule has 2 aromatic heterocycles. The van der Waals surface area contributed by atoms with Crippen molar-refractivity contribution in [2.75, 3.05) is 58.1 Å². The topological polar surface area (TPSA) is 218 Å². The fraction of sp³-hybridized carbons (Fsp3) is 0.216. The van der Waals surface area contributed by atoms with Gasteiger partial charge in [-0.05, 0) is 123 Å². The van der Waals surface area contributed by atoms with Crippen LogP contribution in [0.2, 0.25) is 0 Å². The number of nitrogens with zero attached hydrogens (tertiary/aromatic N) is 6. The predicted octanol–water partition coefficient (Wildman–Crippen LogP) is 14.5. The van der Waals surface area contributed by atoms with Crippen LogP contribution in [-0.2, 0) is 25.7 Å². The van der Waals surface area contributed by atoms with Crippen molar-refractivity contribution in [3.8, 4) is 11.1 Å². The van der Waals surface area contributed by atoms with Crippen molar-refractivity contribution in [3.63, 3.8) is 0 Å². The second-order valence-corrected chi connectivity index (χ2v) is 22.6. The number of hydrogen-bond acceptors (Lipinski definition) is 16. The number of benzene rings is 8. The second kappa shape index (κ2) is 28.8. The van der Waals surface area contributed by atoms with Crippen molar-refractivity contribution in [1.29, 1.82) is 0 Å². The Morgan fingerprint density at radius 1 is 0.233 bits per heavy atom. The zero-order valence-electron chi connectivity index (χ0n) is 50.1. The van der Waals surface area contributed by atoms with Crippen LogP contribution in [0.4, 0.5) is 47.1 Å². The number of anilines is 8. The number of ketones is 4. The largest absolute Gasteiger partial charge is 0.354 e. The fourth-order valence-corrected chi connectivity index (χ4v) is 11.7. The lowest BCUT2D eigenvalue weighted by atomic mass is 9.75. The summed E-state index contributed by atoms with van der Waals surface area (Å²) in [7, 11) is 0. The summed E-state index contributed by atoms with van der Waals surface area (Å²) < 4.78 is 0. The summed E-state index contributed by atoms with van der Waals surface area (Å²) in [6, 6.07) is 61.8. The maximum atomic E-state index is 15.3. The molecule has 16 nitrogen and oxygen atoms in total. The molecule has 0 saturated heterocycles. The van der Waals surface area contributed by atoms with E-state index in [1.165, 1.54) is 22.3 Å². The zero-order chi connectivity index (χ0) is 61.4. The third-order valence-electron chi connectivity index (χ3n) is 16.3. The number of rotatable bonds is 29. The van der Waals surface area contributed by atoms with E-state index in [1.54, 1.807) is 72.8 Å². The molecule has 0 bridgehead atoms. The molecule has 0 unspecified atom stereocenters. The van der Waals surface area contributed by atoms with Crippen LogP contribution in [0.5, 0.6) is 0 Å². The van der Waals surface area contributed by atoms with Crippen LogP contribution < -0.4 is 31.9 Å². The average molecular weight is 1190 g/mol. The summed E-state index contributed by atoms with van der Waals surface area (Å²) in [5.74, 6) is -0.0592. The van der Waals surface area contributed by atoms with Crippen LogP contribution >= 0.6 is 0 Å². The molecule has 0 fully saturated rings. The van der Waals surface area contributed by atoms with Gasteiger partial charge in [0.05, 0.1) is 22.5 Å². The van der Waals surface area contributed by atoms with Crippen LogP contribution in [0.3, 0.4) is 0 Å². The summed E-state index contributed by atoms with van der Waals surface area (Å²) >= 11 is 0. The quantitative estimate of drug-likeness (QED) is 0.0240. The Bertz CT molecular complexity index is 3780. The molecule has 0 radical (unpaired) electrons. The number of carbonyl (C=O) groups excluding carboxylic acids is 4. The summed E-state index contributed by atoms with van der Waals surface area (Å²) in [4.78, 5) is 89.7. The van der Waals surface area contributed by atoms with Crippen LogP contribution in [0.15, 0.2) is 194 Å². The minimum Gasteiger partial charge on any atom is -0.354 e. The lowest BCUT2D eigenvalue weighted by Gasteiger charge is -2.26. The van der Waals surface area contributed by atoms with Crippen molar-refractivity contribution in [2.45, 2.75) is 77.0 Å². The number of unbranched alkanes of at least 4 members (excludes halogenated alkanes) is 4. The van der Waals surface area contributed by atoms with E-state index in [-0.39, 0.29) is 78.9 Å². The van der Waals surface area contributed by atoms with Crippen LogP contribution in [0.25, 0.3) is 11.1 Å². The lowest BCUT2D eigenvalue weighted by molar-refractivity contribution is 0.0978. The lowest BCUT2D eigenvalue weighted by Crippen LogP contribution is -2.25. The highest BCUT2D eigenvalue weighted by Gasteiger charge is 2.39. The SMILES string of the molecule is O=C1c2ccccc2C(=O)c2c(-c3ccc(Nc4nc(NCCCCc5ccccc5)nc(NCCCCc5ccccc5)n4)c4c3C(=O)c3ccccc3C4=O)ccc(Nc3nc(NCCCCc4ccccc4)nc(NCCCCc4ccccc4)n3)c21. The van der Waals surface area contributed by atoms with Gasteiger partial charge in [0.2, 0.25) is 35.7 Å². The van der Waals surface area contributed by atoms with E-state index >= 15 is 19.2 Å². The average Bonchev–Trinajstić information content (AvgIpc) is 0.751. The van der Waals surface area contributed by atoms with E-state index in [4.69, 9.17) is 29.9 Å². The van der Waals surface area contributed by atoms with Gasteiger partial charge in [-0.2, -0.15) is 29.9 Å². The van der Waals surface area contributed by atoms with Crippen molar-refractivity contribution < 1.29 is 19.2 Å². The molecule has 0 saturated carbocycles. The maximum Gasteiger partial charge on any atom is 0.233 e. The normalized spacial score (nSPS) is 12.1. The Hall–Kier alpha value is -10.7. The number of carbonyl (C=O) groups is 4. The number of fused-ring (bicyclic) bond motifs is 4. The Balaban J connectivity index is 0.872. The van der Waals surface area contributed by atoms with Gasteiger partial charge in [0.25, 0.3) is 0 Å². The molecular formula is C74H70N12O4. The van der Waals surface area contributed by atoms with Gasteiger partial charge in [0, 0.05) is 59.6 Å². The molecule has 0 amide bonds. The summed E-state index contributed by atoms with van der Waals surface area (Å²) in [5, 5.41) is 20.3. The molecule has 450 valence electrons. The smallest absolute Gasteiger partial charge is 0.233 e. The fourth-order valence-electron chi connectivity index (χ4n) is 11.7. The van der Waals surface area contributed by atoms with Gasteiger partial charge < -0.3 is 31.9 Å². The predicted molar refractivity (Wildman–Crippen MR) is 356 cm³/mol. The minimum atomic E-state index is -0.429. The van der Waals surface area contributed by atoms with E-state index in [9.17, 15) is 0 Å². The van der Waals surface area contributed by atoms with Gasteiger partial charge in [-0.1, -0.05) is 182 Å². The molecule has 6 N–H and O–H groups in total. The maximum absolute atomic E-state index is 15.3. The Morgan fingerprint density at radius 3 is 0.756 bits per heavy atom. The van der Waals surface area contributed by atoms with Crippen molar-refractivity contribution in [3.05, 3.63) is 261 Å². The molecule has 2 heterocycles. The summed E-state index contributed by atoms with van der Waals surface area (Å²) in [5.41, 5.74) is 7.33. The first-order valence-corrected chi connectivity index (χ1v) is 31.2.